The van der Waals surface area contributed by atoms with Crippen LogP contribution in [0.2, 0.25) is 0 Å². The second-order valence-electron chi connectivity index (χ2n) is 8.34. The highest BCUT2D eigenvalue weighted by atomic mass is 32.2. The zero-order valence-electron chi connectivity index (χ0n) is 20.3. The molecule has 11 heteroatoms. The van der Waals surface area contributed by atoms with E-state index in [1.165, 1.54) is 40.9 Å². The molecule has 0 bridgehead atoms. The van der Waals surface area contributed by atoms with Crippen molar-refractivity contribution in [1.82, 2.24) is 19.6 Å². The summed E-state index contributed by atoms with van der Waals surface area (Å²) in [6, 6.07) is 9.42. The summed E-state index contributed by atoms with van der Waals surface area (Å²) in [5.74, 6) is 0.600. The lowest BCUT2D eigenvalue weighted by Gasteiger charge is -2.13. The number of hydrogen-bond donors (Lipinski definition) is 2. The van der Waals surface area contributed by atoms with Gasteiger partial charge in [0.1, 0.15) is 17.4 Å². The van der Waals surface area contributed by atoms with E-state index < -0.39 is 15.8 Å². The SMILES string of the molecule is CCCCCc1nc(C)c2c(=O)[nH]c(-c3cc(S(=O)(=O)Nc4cccc(F)c4)ccc3OCC)nn12. The van der Waals surface area contributed by atoms with E-state index in [0.29, 0.717) is 41.4 Å². The van der Waals surface area contributed by atoms with Crippen molar-refractivity contribution in [3.8, 4) is 17.1 Å². The molecule has 0 spiro atoms. The molecule has 0 amide bonds. The van der Waals surface area contributed by atoms with Gasteiger partial charge in [0.2, 0.25) is 0 Å². The van der Waals surface area contributed by atoms with Gasteiger partial charge in [0, 0.05) is 6.42 Å². The van der Waals surface area contributed by atoms with Crippen LogP contribution in [0.4, 0.5) is 10.1 Å². The number of nitrogens with zero attached hydrogens (tertiary/aromatic N) is 3. The monoisotopic (exact) mass is 513 g/mol. The molecule has 2 N–H and O–H groups in total. The molecule has 0 saturated heterocycles. The third-order valence-electron chi connectivity index (χ3n) is 5.64. The van der Waals surface area contributed by atoms with Gasteiger partial charge in [0.15, 0.2) is 11.3 Å². The van der Waals surface area contributed by atoms with Crippen LogP contribution in [-0.4, -0.2) is 34.6 Å². The van der Waals surface area contributed by atoms with Gasteiger partial charge in [-0.25, -0.2) is 22.3 Å². The van der Waals surface area contributed by atoms with E-state index >= 15 is 0 Å². The number of H-pyrrole nitrogens is 1. The number of anilines is 1. The smallest absolute Gasteiger partial charge is 0.277 e. The lowest BCUT2D eigenvalue weighted by Crippen LogP contribution is -2.17. The zero-order chi connectivity index (χ0) is 25.9. The second kappa shape index (κ2) is 10.5. The number of imidazole rings is 1. The van der Waals surface area contributed by atoms with E-state index in [4.69, 9.17) is 4.74 Å². The Balaban J connectivity index is 1.82. The molecule has 4 aromatic rings. The number of aromatic amines is 1. The molecule has 0 unspecified atom stereocenters. The molecular formula is C25H28FN5O4S. The maximum Gasteiger partial charge on any atom is 0.277 e. The summed E-state index contributed by atoms with van der Waals surface area (Å²) in [6.07, 6.45) is 3.63. The quantitative estimate of drug-likeness (QED) is 0.302. The topological polar surface area (TPSA) is 118 Å². The number of nitrogens with one attached hydrogen (secondary N) is 2. The summed E-state index contributed by atoms with van der Waals surface area (Å²) in [4.78, 5) is 20.2. The van der Waals surface area contributed by atoms with Crippen LogP contribution in [0.15, 0.2) is 52.2 Å². The largest absolute Gasteiger partial charge is 0.493 e. The maximum absolute atomic E-state index is 13.6. The first kappa shape index (κ1) is 25.4. The van der Waals surface area contributed by atoms with Gasteiger partial charge in [0.05, 0.1) is 28.4 Å². The molecule has 2 aromatic carbocycles. The van der Waals surface area contributed by atoms with Crippen LogP contribution in [0.1, 0.15) is 44.6 Å². The van der Waals surface area contributed by atoms with Crippen molar-refractivity contribution in [1.29, 1.82) is 0 Å². The zero-order valence-corrected chi connectivity index (χ0v) is 21.2. The van der Waals surface area contributed by atoms with Gasteiger partial charge < -0.3 is 9.72 Å². The van der Waals surface area contributed by atoms with E-state index in [1.54, 1.807) is 13.8 Å². The minimum absolute atomic E-state index is 0.0870. The van der Waals surface area contributed by atoms with Gasteiger partial charge in [0.25, 0.3) is 15.6 Å². The summed E-state index contributed by atoms with van der Waals surface area (Å²) >= 11 is 0. The molecule has 2 heterocycles. The Morgan fingerprint density at radius 3 is 2.67 bits per heavy atom. The number of aromatic nitrogens is 4. The Hall–Kier alpha value is -3.73. The molecule has 4 rings (SSSR count). The number of rotatable bonds is 10. The Morgan fingerprint density at radius 2 is 1.94 bits per heavy atom. The van der Waals surface area contributed by atoms with E-state index in [-0.39, 0.29) is 22.0 Å². The first-order valence-corrected chi connectivity index (χ1v) is 13.3. The molecule has 0 aliphatic rings. The van der Waals surface area contributed by atoms with Crippen LogP contribution in [0.3, 0.4) is 0 Å². The first-order valence-electron chi connectivity index (χ1n) is 11.8. The molecular weight excluding hydrogens is 485 g/mol. The Bertz CT molecular complexity index is 1560. The maximum atomic E-state index is 13.6. The molecule has 190 valence electrons. The van der Waals surface area contributed by atoms with Gasteiger partial charge >= 0.3 is 0 Å². The first-order chi connectivity index (χ1) is 17.2. The summed E-state index contributed by atoms with van der Waals surface area (Å²) in [6.45, 7) is 5.98. The predicted octanol–water partition coefficient (Wildman–Crippen LogP) is 4.46. The normalized spacial score (nSPS) is 11.7. The second-order valence-corrected chi connectivity index (χ2v) is 10.0. The minimum Gasteiger partial charge on any atom is -0.493 e. The number of aryl methyl sites for hydroxylation is 2. The van der Waals surface area contributed by atoms with Crippen molar-refractivity contribution >= 4 is 21.2 Å². The number of unbranched alkanes of at least 4 members (excludes halogenated alkanes) is 2. The fourth-order valence-electron chi connectivity index (χ4n) is 3.96. The highest BCUT2D eigenvalue weighted by Crippen LogP contribution is 2.31. The highest BCUT2D eigenvalue weighted by Gasteiger charge is 2.21. The van der Waals surface area contributed by atoms with Gasteiger partial charge in [-0.15, -0.1) is 5.10 Å². The number of halogens is 1. The van der Waals surface area contributed by atoms with Crippen LogP contribution in [0.5, 0.6) is 5.75 Å². The Labute approximate surface area is 208 Å². The van der Waals surface area contributed by atoms with Crippen LogP contribution in [0.25, 0.3) is 16.9 Å². The molecule has 0 radical (unpaired) electrons. The fraction of sp³-hybridized carbons (Fsp3) is 0.320. The predicted molar refractivity (Wildman–Crippen MR) is 135 cm³/mol. The lowest BCUT2D eigenvalue weighted by molar-refractivity contribution is 0.341. The minimum atomic E-state index is -4.08. The van der Waals surface area contributed by atoms with E-state index in [1.807, 2.05) is 0 Å². The average Bonchev–Trinajstić information content (AvgIpc) is 3.15. The lowest BCUT2D eigenvalue weighted by atomic mass is 10.2. The summed E-state index contributed by atoms with van der Waals surface area (Å²) in [5, 5.41) is 4.62. The molecule has 36 heavy (non-hydrogen) atoms. The van der Waals surface area contributed by atoms with Gasteiger partial charge in [-0.1, -0.05) is 25.8 Å². The van der Waals surface area contributed by atoms with Crippen molar-refractivity contribution in [3.63, 3.8) is 0 Å². The Morgan fingerprint density at radius 1 is 1.14 bits per heavy atom. The van der Waals surface area contributed by atoms with E-state index in [9.17, 15) is 17.6 Å². The molecule has 9 nitrogen and oxygen atoms in total. The van der Waals surface area contributed by atoms with Crippen molar-refractivity contribution in [2.75, 3.05) is 11.3 Å². The molecule has 0 atom stereocenters. The third kappa shape index (κ3) is 5.25. The van der Waals surface area contributed by atoms with Crippen molar-refractivity contribution in [2.45, 2.75) is 51.3 Å². The van der Waals surface area contributed by atoms with Crippen molar-refractivity contribution in [2.24, 2.45) is 0 Å². The van der Waals surface area contributed by atoms with Crippen LogP contribution < -0.4 is 15.0 Å². The van der Waals surface area contributed by atoms with E-state index in [0.717, 1.165) is 25.3 Å². The Kier molecular flexibility index (Phi) is 7.39. The standard InChI is InChI=1S/C25H28FN5O4S/c1-4-6-7-11-22-27-16(3)23-25(32)28-24(29-31(22)23)20-15-19(12-13-21(20)35-5-2)36(33,34)30-18-10-8-9-17(26)14-18/h8-10,12-15,30H,4-7,11H2,1-3H3,(H,28,29,32). The summed E-state index contributed by atoms with van der Waals surface area (Å²) < 4.78 is 49.3. The molecule has 0 aliphatic heterocycles. The number of ether oxygens (including phenoxy) is 1. The molecule has 2 aromatic heterocycles. The fourth-order valence-corrected chi connectivity index (χ4v) is 5.04. The van der Waals surface area contributed by atoms with Gasteiger partial charge in [-0.2, -0.15) is 0 Å². The number of fused-ring (bicyclic) bond motifs is 1. The molecule has 0 aliphatic carbocycles. The van der Waals surface area contributed by atoms with E-state index in [2.05, 4.69) is 26.7 Å². The number of benzene rings is 2. The number of sulfonamides is 1. The third-order valence-corrected chi connectivity index (χ3v) is 7.02. The number of hydrogen-bond acceptors (Lipinski definition) is 6. The van der Waals surface area contributed by atoms with Gasteiger partial charge in [-0.3, -0.25) is 9.52 Å². The molecule has 0 saturated carbocycles. The summed E-state index contributed by atoms with van der Waals surface area (Å²) in [7, 11) is -4.08. The molecule has 0 fully saturated rings. The summed E-state index contributed by atoms with van der Waals surface area (Å²) in [5.41, 5.74) is 0.912. The van der Waals surface area contributed by atoms with Gasteiger partial charge in [-0.05, 0) is 56.7 Å². The van der Waals surface area contributed by atoms with Crippen molar-refractivity contribution < 1.29 is 17.5 Å². The average molecular weight is 514 g/mol. The van der Waals surface area contributed by atoms with Crippen LogP contribution in [0, 0.1) is 12.7 Å². The van der Waals surface area contributed by atoms with Crippen molar-refractivity contribution in [3.05, 3.63) is 70.2 Å². The van der Waals surface area contributed by atoms with Crippen LogP contribution in [-0.2, 0) is 16.4 Å². The van der Waals surface area contributed by atoms with Crippen LogP contribution >= 0.6 is 0 Å². The highest BCUT2D eigenvalue weighted by molar-refractivity contribution is 7.92.